The van der Waals surface area contributed by atoms with Crippen molar-refractivity contribution < 1.29 is 23.1 Å². The van der Waals surface area contributed by atoms with E-state index in [1.807, 2.05) is 0 Å². The van der Waals surface area contributed by atoms with Crippen LogP contribution >= 0.6 is 0 Å². The van der Waals surface area contributed by atoms with Crippen LogP contribution in [0, 0.1) is 11.6 Å². The first kappa shape index (κ1) is 10.3. The lowest BCUT2D eigenvalue weighted by Crippen LogP contribution is -1.95. The minimum Gasteiger partial charge on any atom is -0.476 e. The Morgan fingerprint density at radius 3 is 2.50 bits per heavy atom. The summed E-state index contributed by atoms with van der Waals surface area (Å²) >= 11 is 0. The van der Waals surface area contributed by atoms with Crippen LogP contribution in [0.3, 0.4) is 0 Å². The van der Waals surface area contributed by atoms with E-state index in [4.69, 9.17) is 5.11 Å². The summed E-state index contributed by atoms with van der Waals surface area (Å²) in [7, 11) is 0. The lowest BCUT2D eigenvalue weighted by atomic mass is 10.2. The zero-order valence-corrected chi connectivity index (χ0v) is 6.80. The third-order valence-electron chi connectivity index (χ3n) is 1.45. The Hall–Kier alpha value is -1.78. The van der Waals surface area contributed by atoms with Gasteiger partial charge in [0, 0.05) is 11.6 Å². The Morgan fingerprint density at radius 2 is 2.00 bits per heavy atom. The van der Waals surface area contributed by atoms with Crippen LogP contribution in [0.2, 0.25) is 0 Å². The summed E-state index contributed by atoms with van der Waals surface area (Å²) in [5.74, 6) is -5.12. The summed E-state index contributed by atoms with van der Waals surface area (Å²) in [6.45, 7) is 0. The Morgan fingerprint density at radius 1 is 1.36 bits per heavy atom. The molecule has 0 bridgehead atoms. The smallest absolute Gasteiger partial charge is 0.364 e. The Kier molecular flexibility index (Phi) is 2.91. The fraction of sp³-hybridized carbons (Fsp3) is 0. The summed E-state index contributed by atoms with van der Waals surface area (Å²) < 4.78 is 37.7. The number of aliphatic carboxylic acids is 1. The summed E-state index contributed by atoms with van der Waals surface area (Å²) in [4.78, 5) is 10.0. The molecule has 14 heavy (non-hydrogen) atoms. The van der Waals surface area contributed by atoms with E-state index in [9.17, 15) is 18.0 Å². The van der Waals surface area contributed by atoms with E-state index in [1.54, 1.807) is 0 Å². The molecule has 0 aromatic heterocycles. The molecule has 0 aliphatic rings. The molecular weight excluding hydrogens is 197 g/mol. The molecule has 0 heterocycles. The van der Waals surface area contributed by atoms with E-state index in [-0.39, 0.29) is 5.56 Å². The van der Waals surface area contributed by atoms with Gasteiger partial charge in [0.15, 0.2) is 0 Å². The summed E-state index contributed by atoms with van der Waals surface area (Å²) in [6, 6.07) is 2.40. The van der Waals surface area contributed by atoms with Crippen molar-refractivity contribution in [3.8, 4) is 0 Å². The molecule has 0 aliphatic carbocycles. The molecule has 1 rings (SSSR count). The van der Waals surface area contributed by atoms with Crippen LogP contribution in [0.15, 0.2) is 24.0 Å². The van der Waals surface area contributed by atoms with Gasteiger partial charge in [-0.1, -0.05) is 0 Å². The van der Waals surface area contributed by atoms with Crippen LogP contribution in [-0.4, -0.2) is 11.1 Å². The van der Waals surface area contributed by atoms with Crippen molar-refractivity contribution in [1.82, 2.24) is 0 Å². The van der Waals surface area contributed by atoms with Gasteiger partial charge in [0.2, 0.25) is 5.83 Å². The molecule has 0 unspecified atom stereocenters. The van der Waals surface area contributed by atoms with Crippen LogP contribution in [0.1, 0.15) is 5.56 Å². The first-order valence-electron chi connectivity index (χ1n) is 3.56. The lowest BCUT2D eigenvalue weighted by Gasteiger charge is -1.96. The molecular formula is C9H5F3O2. The average Bonchev–Trinajstić information content (AvgIpc) is 2.09. The van der Waals surface area contributed by atoms with E-state index < -0.39 is 23.4 Å². The Balaban J connectivity index is 3.09. The molecule has 0 fully saturated rings. The average molecular weight is 202 g/mol. The molecule has 2 nitrogen and oxygen atoms in total. The molecule has 0 amide bonds. The van der Waals surface area contributed by atoms with Gasteiger partial charge in [-0.05, 0) is 18.2 Å². The van der Waals surface area contributed by atoms with Crippen molar-refractivity contribution >= 4 is 12.0 Å². The van der Waals surface area contributed by atoms with Crippen molar-refractivity contribution in [3.63, 3.8) is 0 Å². The van der Waals surface area contributed by atoms with Crippen molar-refractivity contribution in [1.29, 1.82) is 0 Å². The SMILES string of the molecule is O=C(O)/C(F)=C/c1ccc(F)cc1F. The van der Waals surface area contributed by atoms with Crippen molar-refractivity contribution in [2.45, 2.75) is 0 Å². The number of hydrogen-bond acceptors (Lipinski definition) is 1. The lowest BCUT2D eigenvalue weighted by molar-refractivity contribution is -0.134. The number of rotatable bonds is 2. The Bertz CT molecular complexity index is 399. The highest BCUT2D eigenvalue weighted by molar-refractivity contribution is 5.89. The number of hydrogen-bond donors (Lipinski definition) is 1. The van der Waals surface area contributed by atoms with Gasteiger partial charge in [0.1, 0.15) is 11.6 Å². The topological polar surface area (TPSA) is 37.3 Å². The van der Waals surface area contributed by atoms with Gasteiger partial charge in [-0.3, -0.25) is 0 Å². The third-order valence-corrected chi connectivity index (χ3v) is 1.45. The molecule has 0 aliphatic heterocycles. The summed E-state index contributed by atoms with van der Waals surface area (Å²) in [6.07, 6.45) is 0.483. The minimum absolute atomic E-state index is 0.314. The normalized spacial score (nSPS) is 11.5. The molecule has 5 heteroatoms. The molecule has 0 saturated heterocycles. The van der Waals surface area contributed by atoms with E-state index in [0.717, 1.165) is 12.1 Å². The second kappa shape index (κ2) is 3.95. The molecule has 74 valence electrons. The van der Waals surface area contributed by atoms with Gasteiger partial charge in [-0.15, -0.1) is 0 Å². The highest BCUT2D eigenvalue weighted by Gasteiger charge is 2.08. The summed E-state index contributed by atoms with van der Waals surface area (Å²) in [5, 5.41) is 8.15. The fourth-order valence-electron chi connectivity index (χ4n) is 0.817. The third kappa shape index (κ3) is 2.35. The molecule has 0 saturated carbocycles. The molecule has 1 N–H and O–H groups in total. The maximum absolute atomic E-state index is 12.8. The number of carbonyl (C=O) groups is 1. The maximum atomic E-state index is 12.8. The van der Waals surface area contributed by atoms with Gasteiger partial charge in [0.05, 0.1) is 0 Å². The maximum Gasteiger partial charge on any atom is 0.364 e. The monoisotopic (exact) mass is 202 g/mol. The Labute approximate surface area is 77.3 Å². The summed E-state index contributed by atoms with van der Waals surface area (Å²) in [5.41, 5.74) is -0.314. The number of halogens is 3. The quantitative estimate of drug-likeness (QED) is 0.747. The minimum atomic E-state index is -1.80. The number of carboxylic acid groups (broad SMARTS) is 1. The van der Waals surface area contributed by atoms with Gasteiger partial charge in [0.25, 0.3) is 0 Å². The van der Waals surface area contributed by atoms with Crippen LogP contribution < -0.4 is 0 Å². The van der Waals surface area contributed by atoms with Gasteiger partial charge >= 0.3 is 5.97 Å². The largest absolute Gasteiger partial charge is 0.476 e. The zero-order valence-electron chi connectivity index (χ0n) is 6.80. The predicted molar refractivity (Wildman–Crippen MR) is 43.1 cm³/mol. The first-order chi connectivity index (χ1) is 6.50. The molecule has 1 aromatic rings. The second-order valence-corrected chi connectivity index (χ2v) is 2.46. The van der Waals surface area contributed by atoms with Crippen molar-refractivity contribution in [3.05, 3.63) is 41.2 Å². The van der Waals surface area contributed by atoms with E-state index >= 15 is 0 Å². The zero-order chi connectivity index (χ0) is 10.7. The number of carboxylic acids is 1. The van der Waals surface area contributed by atoms with E-state index in [1.165, 1.54) is 0 Å². The van der Waals surface area contributed by atoms with Crippen LogP contribution in [0.5, 0.6) is 0 Å². The fourth-order valence-corrected chi connectivity index (χ4v) is 0.817. The molecule has 0 atom stereocenters. The van der Waals surface area contributed by atoms with Gasteiger partial charge < -0.3 is 5.11 Å². The van der Waals surface area contributed by atoms with E-state index in [0.29, 0.717) is 12.1 Å². The standard InChI is InChI=1S/C9H5F3O2/c10-6-2-1-5(7(11)4-6)3-8(12)9(13)14/h1-4H,(H,13,14)/b8-3-. The highest BCUT2D eigenvalue weighted by Crippen LogP contribution is 2.13. The molecule has 0 spiro atoms. The van der Waals surface area contributed by atoms with Gasteiger partial charge in [-0.25, -0.2) is 13.6 Å². The van der Waals surface area contributed by atoms with Crippen LogP contribution in [0.25, 0.3) is 6.08 Å². The van der Waals surface area contributed by atoms with Crippen molar-refractivity contribution in [2.75, 3.05) is 0 Å². The van der Waals surface area contributed by atoms with E-state index in [2.05, 4.69) is 0 Å². The first-order valence-corrected chi connectivity index (χ1v) is 3.56. The number of benzene rings is 1. The highest BCUT2D eigenvalue weighted by atomic mass is 19.1. The molecule has 0 radical (unpaired) electrons. The molecule has 1 aromatic carbocycles. The van der Waals surface area contributed by atoms with Gasteiger partial charge in [-0.2, -0.15) is 4.39 Å². The second-order valence-electron chi connectivity index (χ2n) is 2.46. The van der Waals surface area contributed by atoms with Crippen LogP contribution in [-0.2, 0) is 4.79 Å². The predicted octanol–water partition coefficient (Wildman–Crippen LogP) is 2.36. The van der Waals surface area contributed by atoms with Crippen LogP contribution in [0.4, 0.5) is 13.2 Å². The van der Waals surface area contributed by atoms with Crippen molar-refractivity contribution in [2.24, 2.45) is 0 Å².